The molecule has 0 atom stereocenters. The Morgan fingerprint density at radius 3 is 2.67 bits per heavy atom. The zero-order valence-corrected chi connectivity index (χ0v) is 6.40. The Hall–Kier alpha value is -1.45. The first kappa shape index (κ1) is 8.64. The topological polar surface area (TPSA) is 29.1 Å². The number of hydrogen-bond donors (Lipinski definition) is 1. The highest BCUT2D eigenvalue weighted by Crippen LogP contribution is 2.14. The number of rotatable bonds is 1. The second kappa shape index (κ2) is 3.30. The van der Waals surface area contributed by atoms with Gasteiger partial charge in [-0.2, -0.15) is 0 Å². The van der Waals surface area contributed by atoms with Crippen molar-refractivity contribution in [1.82, 2.24) is 0 Å². The van der Waals surface area contributed by atoms with Crippen LogP contribution in [-0.2, 0) is 4.79 Å². The molecule has 0 aliphatic heterocycles. The van der Waals surface area contributed by atoms with Crippen LogP contribution in [0.3, 0.4) is 0 Å². The average molecular weight is 173 g/mol. The predicted molar refractivity (Wildman–Crippen MR) is 42.8 cm³/mol. The Labute approximate surface area is 69.7 Å². The third kappa shape index (κ3) is 2.02. The van der Waals surface area contributed by atoms with Gasteiger partial charge in [0.25, 0.3) is 0 Å². The number of nitrogens with one attached hydrogen (secondary N) is 1. The lowest BCUT2D eigenvalue weighted by Crippen LogP contribution is -2.07. The summed E-state index contributed by atoms with van der Waals surface area (Å²) in [7, 11) is 0. The third-order valence-corrected chi connectivity index (χ3v) is 1.24. The summed E-state index contributed by atoms with van der Waals surface area (Å²) in [6.07, 6.45) is 0. The maximum absolute atomic E-state index is 12.8. The molecular weight excluding hydrogens is 164 g/mol. The van der Waals surface area contributed by atoms with Crippen molar-refractivity contribution in [3.63, 3.8) is 0 Å². The van der Waals surface area contributed by atoms with E-state index in [1.807, 2.05) is 0 Å². The molecule has 1 aromatic rings. The highest BCUT2D eigenvalue weighted by molar-refractivity contribution is 5.88. The van der Waals surface area contributed by atoms with Gasteiger partial charge in [-0.05, 0) is 12.1 Å². The van der Waals surface area contributed by atoms with Crippen LogP contribution in [0, 0.1) is 11.6 Å². The van der Waals surface area contributed by atoms with Crippen molar-refractivity contribution in [2.75, 3.05) is 5.32 Å². The summed E-state index contributed by atoms with van der Waals surface area (Å²) in [5.74, 6) is -1.83. The second-order valence-corrected chi connectivity index (χ2v) is 2.31. The monoisotopic (exact) mass is 173 g/mol. The summed E-state index contributed by atoms with van der Waals surface area (Å²) in [6.45, 7) is 1.25. The van der Waals surface area contributed by atoms with Gasteiger partial charge in [0.1, 0.15) is 11.6 Å². The number of carbonyl (C=O) groups excluding carboxylic acids is 1. The van der Waals surface area contributed by atoms with E-state index < -0.39 is 11.6 Å². The molecule has 1 rings (SSSR count). The summed E-state index contributed by atoms with van der Waals surface area (Å²) in [5.41, 5.74) is -0.0103. The Morgan fingerprint density at radius 2 is 2.17 bits per heavy atom. The smallest absolute Gasteiger partial charge is 0.221 e. The predicted octanol–water partition coefficient (Wildman–Crippen LogP) is 2.17. The molecule has 0 heterocycles. The second-order valence-electron chi connectivity index (χ2n) is 2.31. The molecule has 12 heavy (non-hydrogen) atoms. The van der Waals surface area contributed by atoms with Gasteiger partial charge < -0.3 is 5.32 Å². The van der Waals surface area contributed by atoms with Crippen molar-refractivity contribution in [2.24, 2.45) is 0 Å². The van der Waals surface area contributed by atoms with Crippen LogP contribution in [0.2, 0.25) is 0 Å². The molecule has 1 N–H and O–H groups in total. The van der Waals surface area contributed by atoms with Crippen molar-refractivity contribution in [1.29, 1.82) is 0 Å². The van der Waals surface area contributed by atoms with Crippen LogP contribution in [0.1, 0.15) is 8.35 Å². The van der Waals surface area contributed by atoms with Crippen LogP contribution < -0.4 is 5.32 Å². The summed E-state index contributed by atoms with van der Waals surface area (Å²) in [4.78, 5) is 10.5. The van der Waals surface area contributed by atoms with Crippen LogP contribution in [0.25, 0.3) is 0 Å². The van der Waals surface area contributed by atoms with Gasteiger partial charge in [0.05, 0.1) is 5.69 Å². The number of hydrogen-bond acceptors (Lipinski definition) is 1. The van der Waals surface area contributed by atoms with Crippen LogP contribution in [0.4, 0.5) is 14.5 Å². The lowest BCUT2D eigenvalue weighted by Gasteiger charge is -2.02. The number of carbonyl (C=O) groups is 1. The maximum atomic E-state index is 12.8. The molecule has 0 saturated heterocycles. The Morgan fingerprint density at radius 1 is 1.50 bits per heavy atom. The van der Waals surface area contributed by atoms with E-state index in [2.05, 4.69) is 5.32 Å². The van der Waals surface area contributed by atoms with Gasteiger partial charge in [0, 0.05) is 14.4 Å². The first-order chi connectivity index (χ1) is 5.59. The number of halogens is 2. The van der Waals surface area contributed by atoms with Crippen molar-refractivity contribution < 1.29 is 15.0 Å². The fourth-order valence-electron chi connectivity index (χ4n) is 0.780. The Bertz CT molecular complexity index is 317. The zero-order valence-electron chi connectivity index (χ0n) is 6.40. The first-order valence-corrected chi connectivity index (χ1v) is 3.32. The standard InChI is InChI=1S/C8H7F2NO.H2/c1-5(12)11-8-3-2-6(9)4-7(8)10;/h2-4H,1H3,(H,11,12);1H. The molecule has 0 aromatic heterocycles. The SMILES string of the molecule is CC(=O)Nc1ccc(F)cc1F.[HH]. The first-order valence-electron chi connectivity index (χ1n) is 3.32. The Balaban J connectivity index is 0.00000144. The Kier molecular flexibility index (Phi) is 2.38. The molecule has 0 bridgehead atoms. The fourth-order valence-corrected chi connectivity index (χ4v) is 0.780. The summed E-state index contributed by atoms with van der Waals surface area (Å²) in [6, 6.07) is 2.96. The molecule has 2 nitrogen and oxygen atoms in total. The average Bonchev–Trinajstić information content (AvgIpc) is 1.94. The minimum atomic E-state index is -0.773. The quantitative estimate of drug-likeness (QED) is 0.692. The van der Waals surface area contributed by atoms with Crippen LogP contribution in [0.15, 0.2) is 18.2 Å². The van der Waals surface area contributed by atoms with Crippen molar-refractivity contribution >= 4 is 11.6 Å². The normalized spacial score (nSPS) is 9.58. The van der Waals surface area contributed by atoms with Gasteiger partial charge in [-0.15, -0.1) is 0 Å². The minimum absolute atomic E-state index is 0. The highest BCUT2D eigenvalue weighted by atomic mass is 19.1. The third-order valence-electron chi connectivity index (χ3n) is 1.24. The number of anilines is 1. The van der Waals surface area contributed by atoms with Gasteiger partial charge in [-0.3, -0.25) is 4.79 Å². The molecule has 4 heteroatoms. The van der Waals surface area contributed by atoms with Gasteiger partial charge in [0.2, 0.25) is 5.91 Å². The molecule has 0 unspecified atom stereocenters. The van der Waals surface area contributed by atoms with Gasteiger partial charge in [-0.25, -0.2) is 8.78 Å². The van der Waals surface area contributed by atoms with Crippen LogP contribution in [-0.4, -0.2) is 5.91 Å². The zero-order chi connectivity index (χ0) is 9.14. The van der Waals surface area contributed by atoms with Gasteiger partial charge in [-0.1, -0.05) is 0 Å². The number of benzene rings is 1. The molecule has 1 amide bonds. The molecule has 66 valence electrons. The molecule has 0 aliphatic rings. The molecule has 0 saturated carbocycles. The van der Waals surface area contributed by atoms with Crippen molar-refractivity contribution in [3.05, 3.63) is 29.8 Å². The lowest BCUT2D eigenvalue weighted by molar-refractivity contribution is -0.114. The van der Waals surface area contributed by atoms with Gasteiger partial charge >= 0.3 is 0 Å². The van der Waals surface area contributed by atoms with E-state index in [9.17, 15) is 13.6 Å². The van der Waals surface area contributed by atoms with Crippen molar-refractivity contribution in [3.8, 4) is 0 Å². The molecule has 0 aliphatic carbocycles. The lowest BCUT2D eigenvalue weighted by atomic mass is 10.3. The summed E-state index contributed by atoms with van der Waals surface area (Å²) in [5, 5.41) is 2.22. The van der Waals surface area contributed by atoms with Gasteiger partial charge in [0.15, 0.2) is 0 Å². The molecule has 0 fully saturated rings. The van der Waals surface area contributed by atoms with E-state index in [0.717, 1.165) is 6.07 Å². The minimum Gasteiger partial charge on any atom is -0.324 e. The van der Waals surface area contributed by atoms with Crippen LogP contribution >= 0.6 is 0 Å². The maximum Gasteiger partial charge on any atom is 0.221 e. The van der Waals surface area contributed by atoms with E-state index in [-0.39, 0.29) is 13.0 Å². The van der Waals surface area contributed by atoms with E-state index in [1.165, 1.54) is 13.0 Å². The van der Waals surface area contributed by atoms with Crippen molar-refractivity contribution in [2.45, 2.75) is 6.92 Å². The van der Waals surface area contributed by atoms with E-state index in [4.69, 9.17) is 0 Å². The molecule has 0 radical (unpaired) electrons. The fraction of sp³-hybridized carbons (Fsp3) is 0.125. The van der Waals surface area contributed by atoms with E-state index in [1.54, 1.807) is 0 Å². The van der Waals surface area contributed by atoms with Crippen LogP contribution in [0.5, 0.6) is 0 Å². The summed E-state index contributed by atoms with van der Waals surface area (Å²) >= 11 is 0. The van der Waals surface area contributed by atoms with E-state index in [0.29, 0.717) is 6.07 Å². The number of amides is 1. The molecular formula is C8H9F2NO. The molecule has 0 spiro atoms. The largest absolute Gasteiger partial charge is 0.324 e. The highest BCUT2D eigenvalue weighted by Gasteiger charge is 2.03. The molecule has 1 aromatic carbocycles. The summed E-state index contributed by atoms with van der Waals surface area (Å²) < 4.78 is 25.1. The van der Waals surface area contributed by atoms with E-state index >= 15 is 0 Å².